The Morgan fingerprint density at radius 2 is 1.89 bits per heavy atom. The SMILES string of the molecule is CCCNc1nc(C(C)S(C)(=O)=O)nc(C)c1CC. The van der Waals surface area contributed by atoms with Crippen molar-refractivity contribution >= 4 is 15.7 Å². The molecule has 1 atom stereocenters. The molecule has 0 bridgehead atoms. The number of anilines is 1. The fourth-order valence-corrected chi connectivity index (χ4v) is 2.29. The van der Waals surface area contributed by atoms with E-state index in [1.165, 1.54) is 6.26 Å². The van der Waals surface area contributed by atoms with Gasteiger partial charge in [0.1, 0.15) is 16.9 Å². The standard InChI is InChI=1S/C13H23N3O2S/c1-6-8-14-13-11(7-2)9(3)15-12(16-13)10(4)19(5,17)18/h10H,6-8H2,1-5H3,(H,14,15,16). The number of hydrogen-bond donors (Lipinski definition) is 1. The first kappa shape index (κ1) is 15.9. The minimum Gasteiger partial charge on any atom is -0.370 e. The highest BCUT2D eigenvalue weighted by molar-refractivity contribution is 7.90. The van der Waals surface area contributed by atoms with Crippen molar-refractivity contribution in [3.63, 3.8) is 0 Å². The zero-order chi connectivity index (χ0) is 14.6. The molecule has 19 heavy (non-hydrogen) atoms. The van der Waals surface area contributed by atoms with Gasteiger partial charge in [-0.05, 0) is 26.7 Å². The van der Waals surface area contributed by atoms with E-state index in [1.54, 1.807) is 6.92 Å². The Morgan fingerprint density at radius 3 is 2.37 bits per heavy atom. The molecule has 1 rings (SSSR count). The molecular weight excluding hydrogens is 262 g/mol. The second kappa shape index (κ2) is 6.32. The molecule has 1 unspecified atom stereocenters. The largest absolute Gasteiger partial charge is 0.370 e. The Morgan fingerprint density at radius 1 is 1.26 bits per heavy atom. The van der Waals surface area contributed by atoms with Gasteiger partial charge in [-0.2, -0.15) is 0 Å². The van der Waals surface area contributed by atoms with Crippen LogP contribution in [0, 0.1) is 6.92 Å². The van der Waals surface area contributed by atoms with Crippen LogP contribution in [0.5, 0.6) is 0 Å². The number of hydrogen-bond acceptors (Lipinski definition) is 5. The number of rotatable bonds is 6. The van der Waals surface area contributed by atoms with Crippen molar-refractivity contribution in [3.05, 3.63) is 17.1 Å². The van der Waals surface area contributed by atoms with E-state index < -0.39 is 15.1 Å². The molecule has 1 aromatic rings. The number of nitrogens with one attached hydrogen (secondary N) is 1. The predicted molar refractivity (Wildman–Crippen MR) is 78.2 cm³/mol. The predicted octanol–water partition coefficient (Wildman–Crippen LogP) is 2.27. The first-order chi connectivity index (χ1) is 8.81. The molecule has 0 aliphatic heterocycles. The smallest absolute Gasteiger partial charge is 0.157 e. The summed E-state index contributed by atoms with van der Waals surface area (Å²) >= 11 is 0. The highest BCUT2D eigenvalue weighted by Crippen LogP contribution is 2.23. The van der Waals surface area contributed by atoms with Crippen LogP contribution in [-0.2, 0) is 16.3 Å². The maximum atomic E-state index is 11.6. The van der Waals surface area contributed by atoms with Crippen LogP contribution in [0.15, 0.2) is 0 Å². The number of sulfone groups is 1. The van der Waals surface area contributed by atoms with E-state index in [4.69, 9.17) is 0 Å². The van der Waals surface area contributed by atoms with Crippen LogP contribution in [-0.4, -0.2) is 31.2 Å². The summed E-state index contributed by atoms with van der Waals surface area (Å²) in [5, 5.41) is 2.57. The Balaban J connectivity index is 3.26. The van der Waals surface area contributed by atoms with Crippen molar-refractivity contribution in [1.82, 2.24) is 9.97 Å². The molecule has 0 aliphatic rings. The Hall–Kier alpha value is -1.17. The van der Waals surface area contributed by atoms with Crippen molar-refractivity contribution < 1.29 is 8.42 Å². The zero-order valence-corrected chi connectivity index (χ0v) is 13.1. The lowest BCUT2D eigenvalue weighted by Crippen LogP contribution is -2.16. The summed E-state index contributed by atoms with van der Waals surface area (Å²) in [6, 6.07) is 0. The van der Waals surface area contributed by atoms with Gasteiger partial charge < -0.3 is 5.32 Å². The third kappa shape index (κ3) is 3.89. The van der Waals surface area contributed by atoms with Crippen LogP contribution >= 0.6 is 0 Å². The molecule has 0 aromatic carbocycles. The quantitative estimate of drug-likeness (QED) is 0.868. The van der Waals surface area contributed by atoms with E-state index in [-0.39, 0.29) is 0 Å². The summed E-state index contributed by atoms with van der Waals surface area (Å²) in [6.45, 7) is 8.46. The molecule has 5 nitrogen and oxygen atoms in total. The molecule has 1 N–H and O–H groups in total. The van der Waals surface area contributed by atoms with E-state index in [0.29, 0.717) is 5.82 Å². The van der Waals surface area contributed by atoms with Crippen LogP contribution in [0.25, 0.3) is 0 Å². The second-order valence-corrected chi connectivity index (χ2v) is 7.11. The lowest BCUT2D eigenvalue weighted by atomic mass is 10.1. The number of aromatic nitrogens is 2. The van der Waals surface area contributed by atoms with E-state index >= 15 is 0 Å². The molecule has 1 aromatic heterocycles. The average Bonchev–Trinajstić information content (AvgIpc) is 2.33. The molecule has 6 heteroatoms. The van der Waals surface area contributed by atoms with Gasteiger partial charge >= 0.3 is 0 Å². The summed E-state index contributed by atoms with van der Waals surface area (Å²) in [5.41, 5.74) is 1.90. The minimum atomic E-state index is -3.18. The summed E-state index contributed by atoms with van der Waals surface area (Å²) in [7, 11) is -3.18. The zero-order valence-electron chi connectivity index (χ0n) is 12.3. The summed E-state index contributed by atoms with van der Waals surface area (Å²) in [5.74, 6) is 1.14. The van der Waals surface area contributed by atoms with Gasteiger partial charge in [-0.15, -0.1) is 0 Å². The van der Waals surface area contributed by atoms with Gasteiger partial charge in [-0.1, -0.05) is 13.8 Å². The Bertz CT molecular complexity index is 541. The van der Waals surface area contributed by atoms with Gasteiger partial charge in [-0.25, -0.2) is 18.4 Å². The molecule has 0 aliphatic carbocycles. The third-order valence-corrected chi connectivity index (χ3v) is 4.63. The monoisotopic (exact) mass is 285 g/mol. The van der Waals surface area contributed by atoms with Crippen LogP contribution in [0.1, 0.15) is 49.5 Å². The van der Waals surface area contributed by atoms with Crippen LogP contribution in [0.2, 0.25) is 0 Å². The van der Waals surface area contributed by atoms with Crippen LogP contribution in [0.3, 0.4) is 0 Å². The van der Waals surface area contributed by atoms with Crippen LogP contribution in [0.4, 0.5) is 5.82 Å². The van der Waals surface area contributed by atoms with Gasteiger partial charge in [-0.3, -0.25) is 0 Å². The molecule has 0 fully saturated rings. The van der Waals surface area contributed by atoms with E-state index in [0.717, 1.165) is 36.5 Å². The molecular formula is C13H23N3O2S. The van der Waals surface area contributed by atoms with Gasteiger partial charge in [0.25, 0.3) is 0 Å². The van der Waals surface area contributed by atoms with E-state index in [1.807, 2.05) is 13.8 Å². The Kier molecular flexibility index (Phi) is 5.29. The molecule has 108 valence electrons. The maximum Gasteiger partial charge on any atom is 0.157 e. The molecule has 0 spiro atoms. The van der Waals surface area contributed by atoms with E-state index in [2.05, 4.69) is 22.2 Å². The second-order valence-electron chi connectivity index (χ2n) is 4.75. The molecule has 0 saturated carbocycles. The van der Waals surface area contributed by atoms with E-state index in [9.17, 15) is 8.42 Å². The summed E-state index contributed by atoms with van der Waals surface area (Å²) < 4.78 is 23.2. The molecule has 0 radical (unpaired) electrons. The third-order valence-electron chi connectivity index (χ3n) is 3.13. The molecule has 0 amide bonds. The summed E-state index contributed by atoms with van der Waals surface area (Å²) in [6.07, 6.45) is 3.03. The highest BCUT2D eigenvalue weighted by Gasteiger charge is 2.22. The topological polar surface area (TPSA) is 72.0 Å². The molecule has 0 saturated heterocycles. The van der Waals surface area contributed by atoms with Gasteiger partial charge in [0, 0.05) is 24.1 Å². The fourth-order valence-electron chi connectivity index (χ4n) is 1.80. The fraction of sp³-hybridized carbons (Fsp3) is 0.692. The lowest BCUT2D eigenvalue weighted by molar-refractivity contribution is 0.589. The average molecular weight is 285 g/mol. The van der Waals surface area contributed by atoms with Crippen molar-refractivity contribution in [2.75, 3.05) is 18.1 Å². The van der Waals surface area contributed by atoms with Crippen molar-refractivity contribution in [3.8, 4) is 0 Å². The normalized spacial score (nSPS) is 13.3. The van der Waals surface area contributed by atoms with Crippen LogP contribution < -0.4 is 5.32 Å². The maximum absolute atomic E-state index is 11.6. The first-order valence-corrected chi connectivity index (χ1v) is 8.56. The van der Waals surface area contributed by atoms with Gasteiger partial charge in [0.15, 0.2) is 9.84 Å². The summed E-state index contributed by atoms with van der Waals surface area (Å²) in [4.78, 5) is 8.76. The minimum absolute atomic E-state index is 0.371. The first-order valence-electron chi connectivity index (χ1n) is 6.61. The van der Waals surface area contributed by atoms with Crippen molar-refractivity contribution in [2.45, 2.75) is 45.8 Å². The number of nitrogens with zero attached hydrogens (tertiary/aromatic N) is 2. The van der Waals surface area contributed by atoms with Gasteiger partial charge in [0.2, 0.25) is 0 Å². The highest BCUT2D eigenvalue weighted by atomic mass is 32.2. The lowest BCUT2D eigenvalue weighted by Gasteiger charge is -2.15. The molecule has 1 heterocycles. The van der Waals surface area contributed by atoms with Crippen molar-refractivity contribution in [2.24, 2.45) is 0 Å². The Labute approximate surface area is 115 Å². The van der Waals surface area contributed by atoms with Crippen molar-refractivity contribution in [1.29, 1.82) is 0 Å². The van der Waals surface area contributed by atoms with Gasteiger partial charge in [0.05, 0.1) is 0 Å². The number of aryl methyl sites for hydroxylation is 1.